The lowest BCUT2D eigenvalue weighted by Gasteiger charge is -2.50. The lowest BCUT2D eigenvalue weighted by Crippen LogP contribution is -2.53. The highest BCUT2D eigenvalue weighted by Crippen LogP contribution is 2.65. The SMILES string of the molecule is Cc1ccc(NN2C(=O)C3CC4C(=CCC5C(=O)N(c6cc([N+](=O)[O-])c(N(C)C)c([N+](=O)[O-])c6)C(=O)C54)C(c4ccccc4OCCO)C3(c3ccccc3)C2=O)cc1. The number of nitrogens with zero attached hydrogens (tertiary/aromatic N) is 5. The van der Waals surface area contributed by atoms with E-state index in [-0.39, 0.29) is 37.4 Å². The number of rotatable bonds is 11. The Balaban J connectivity index is 1.31. The molecule has 8 rings (SSSR count). The molecule has 4 aliphatic rings. The van der Waals surface area contributed by atoms with Gasteiger partial charge >= 0.3 is 11.4 Å². The summed E-state index contributed by atoms with van der Waals surface area (Å²) in [7, 11) is 2.83. The first-order valence-electron chi connectivity index (χ1n) is 19.1. The van der Waals surface area contributed by atoms with Crippen LogP contribution in [0.4, 0.5) is 28.4 Å². The molecule has 59 heavy (non-hydrogen) atoms. The quantitative estimate of drug-likeness (QED) is 0.0843. The van der Waals surface area contributed by atoms with Crippen molar-refractivity contribution >= 4 is 52.1 Å². The average Bonchev–Trinajstić information content (AvgIpc) is 3.61. The Labute approximate surface area is 337 Å². The molecule has 4 amide bonds. The van der Waals surface area contributed by atoms with E-state index in [0.29, 0.717) is 28.1 Å². The third kappa shape index (κ3) is 6.00. The summed E-state index contributed by atoms with van der Waals surface area (Å²) in [6.45, 7) is 1.54. The zero-order chi connectivity index (χ0) is 41.9. The second kappa shape index (κ2) is 14.8. The van der Waals surface area contributed by atoms with Crippen LogP contribution in [0.2, 0.25) is 0 Å². The smallest absolute Gasteiger partial charge is 0.301 e. The molecule has 1 saturated carbocycles. The molecular weight excluding hydrogens is 761 g/mol. The molecule has 0 aromatic heterocycles. The molecule has 16 heteroatoms. The van der Waals surface area contributed by atoms with E-state index in [1.807, 2.05) is 25.1 Å². The van der Waals surface area contributed by atoms with Gasteiger partial charge in [-0.25, -0.2) is 4.90 Å². The van der Waals surface area contributed by atoms with Crippen molar-refractivity contribution in [1.82, 2.24) is 5.01 Å². The second-order valence-electron chi connectivity index (χ2n) is 15.5. The fourth-order valence-corrected chi connectivity index (χ4v) is 9.81. The summed E-state index contributed by atoms with van der Waals surface area (Å²) >= 11 is 0. The maximum atomic E-state index is 15.4. The van der Waals surface area contributed by atoms with Crippen LogP contribution in [0.5, 0.6) is 5.75 Å². The van der Waals surface area contributed by atoms with Gasteiger partial charge in [-0.3, -0.25) is 44.8 Å². The number of benzene rings is 4. The monoisotopic (exact) mass is 800 g/mol. The standard InChI is InChI=1S/C43H40N6O10/c1-24-13-15-26(16-14-24)44-47-40(52)32-23-31-28(37(29-11-7-8-12-35(29)59-20-19-50)43(32,42(47)54)25-9-5-4-6-10-25)17-18-30-36(31)41(53)46(39(30)51)27-21-33(48(55)56)38(45(2)3)34(22-27)49(57)58/h4-17,21-22,30-32,36-37,44,50H,18-20,23H2,1-3H3. The van der Waals surface area contributed by atoms with Gasteiger partial charge < -0.3 is 14.7 Å². The molecule has 4 aromatic carbocycles. The van der Waals surface area contributed by atoms with Crippen LogP contribution in [0.3, 0.4) is 0 Å². The van der Waals surface area contributed by atoms with Gasteiger partial charge in [-0.2, -0.15) is 5.01 Å². The summed E-state index contributed by atoms with van der Waals surface area (Å²) in [5.41, 5.74) is 2.73. The summed E-state index contributed by atoms with van der Waals surface area (Å²) in [5, 5.41) is 35.4. The lowest BCUT2D eigenvalue weighted by atomic mass is 9.49. The lowest BCUT2D eigenvalue weighted by molar-refractivity contribution is -0.392. The average molecular weight is 801 g/mol. The van der Waals surface area contributed by atoms with Crippen molar-refractivity contribution in [1.29, 1.82) is 0 Å². The highest BCUT2D eigenvalue weighted by atomic mass is 16.6. The number of hydrogen-bond donors (Lipinski definition) is 2. The molecule has 4 aromatic rings. The van der Waals surface area contributed by atoms with E-state index in [4.69, 9.17) is 4.74 Å². The molecule has 0 radical (unpaired) electrons. The van der Waals surface area contributed by atoms with Gasteiger partial charge in [0.1, 0.15) is 12.4 Å². The number of hydrazine groups is 1. The minimum absolute atomic E-state index is 0.0264. The number of aliphatic hydroxyl groups is 1. The zero-order valence-corrected chi connectivity index (χ0v) is 32.3. The molecule has 6 atom stereocenters. The number of amides is 4. The number of hydrogen-bond acceptors (Lipinski definition) is 12. The number of anilines is 3. The predicted molar refractivity (Wildman–Crippen MR) is 214 cm³/mol. The van der Waals surface area contributed by atoms with Crippen LogP contribution >= 0.6 is 0 Å². The Morgan fingerprint density at radius 3 is 2.14 bits per heavy atom. The number of ether oxygens (including phenoxy) is 1. The van der Waals surface area contributed by atoms with Crippen molar-refractivity contribution in [3.05, 3.63) is 140 Å². The minimum atomic E-state index is -1.58. The highest BCUT2D eigenvalue weighted by Gasteiger charge is 2.70. The third-order valence-electron chi connectivity index (χ3n) is 12.1. The molecule has 302 valence electrons. The fourth-order valence-electron chi connectivity index (χ4n) is 9.81. The van der Waals surface area contributed by atoms with Gasteiger partial charge in [0.15, 0.2) is 5.69 Å². The minimum Gasteiger partial charge on any atom is -0.491 e. The first-order chi connectivity index (χ1) is 28.3. The number of nitro groups is 2. The summed E-state index contributed by atoms with van der Waals surface area (Å²) in [5.74, 6) is -6.98. The van der Waals surface area contributed by atoms with Gasteiger partial charge in [-0.1, -0.05) is 77.9 Å². The number of fused-ring (bicyclic) bond motifs is 4. The van der Waals surface area contributed by atoms with Crippen molar-refractivity contribution < 1.29 is 38.9 Å². The van der Waals surface area contributed by atoms with E-state index in [2.05, 4.69) is 5.43 Å². The maximum absolute atomic E-state index is 15.4. The van der Waals surface area contributed by atoms with Crippen molar-refractivity contribution in [2.24, 2.45) is 23.7 Å². The largest absolute Gasteiger partial charge is 0.491 e. The van der Waals surface area contributed by atoms with Gasteiger partial charge in [0.2, 0.25) is 11.8 Å². The van der Waals surface area contributed by atoms with Crippen molar-refractivity contribution in [3.8, 4) is 5.75 Å². The topological polar surface area (TPSA) is 206 Å². The molecule has 6 unspecified atom stereocenters. The van der Waals surface area contributed by atoms with Crippen LogP contribution in [0.25, 0.3) is 0 Å². The van der Waals surface area contributed by atoms with E-state index in [1.165, 1.54) is 19.0 Å². The van der Waals surface area contributed by atoms with Gasteiger partial charge in [-0.15, -0.1) is 0 Å². The summed E-state index contributed by atoms with van der Waals surface area (Å²) < 4.78 is 6.09. The Kier molecular flexibility index (Phi) is 9.74. The Hall–Kier alpha value is -6.94. The molecule has 2 heterocycles. The van der Waals surface area contributed by atoms with E-state index < -0.39 is 79.9 Å². The molecule has 2 saturated heterocycles. The predicted octanol–water partition coefficient (Wildman–Crippen LogP) is 5.44. The number of imide groups is 2. The number of allylic oxidation sites excluding steroid dienone is 2. The molecule has 2 N–H and O–H groups in total. The number of carbonyl (C=O) groups is 4. The summed E-state index contributed by atoms with van der Waals surface area (Å²) in [4.78, 5) is 84.6. The fraction of sp³-hybridized carbons (Fsp3) is 0.302. The normalized spacial score (nSPS) is 24.6. The van der Waals surface area contributed by atoms with Gasteiger partial charge in [0, 0.05) is 37.7 Å². The van der Waals surface area contributed by atoms with Gasteiger partial charge in [0.25, 0.3) is 11.8 Å². The Morgan fingerprint density at radius 1 is 0.864 bits per heavy atom. The van der Waals surface area contributed by atoms with E-state index in [1.54, 1.807) is 66.7 Å². The number of carbonyl (C=O) groups excluding carboxylic acids is 4. The summed E-state index contributed by atoms with van der Waals surface area (Å²) in [6, 6.07) is 25.2. The molecule has 0 bridgehead atoms. The van der Waals surface area contributed by atoms with Crippen molar-refractivity contribution in [3.63, 3.8) is 0 Å². The summed E-state index contributed by atoms with van der Waals surface area (Å²) in [6.07, 6.45) is 1.86. The molecule has 16 nitrogen and oxygen atoms in total. The number of aryl methyl sites for hydroxylation is 1. The first-order valence-corrected chi connectivity index (χ1v) is 19.1. The van der Waals surface area contributed by atoms with Gasteiger partial charge in [0.05, 0.1) is 51.0 Å². The van der Waals surface area contributed by atoms with Crippen LogP contribution in [0.15, 0.2) is 103 Å². The number of nitrogens with one attached hydrogen (secondary N) is 1. The van der Waals surface area contributed by atoms with Crippen LogP contribution < -0.4 is 20.0 Å². The number of nitro benzene ring substituents is 2. The second-order valence-corrected chi connectivity index (χ2v) is 15.5. The zero-order valence-electron chi connectivity index (χ0n) is 32.3. The molecule has 2 aliphatic carbocycles. The van der Waals surface area contributed by atoms with Gasteiger partial charge in [-0.05, 0) is 49.4 Å². The maximum Gasteiger partial charge on any atom is 0.301 e. The van der Waals surface area contributed by atoms with Crippen molar-refractivity contribution in [2.45, 2.75) is 31.1 Å². The van der Waals surface area contributed by atoms with E-state index >= 15 is 4.79 Å². The molecule has 0 spiro atoms. The highest BCUT2D eigenvalue weighted by molar-refractivity contribution is 6.23. The first kappa shape index (κ1) is 38.9. The van der Waals surface area contributed by atoms with Crippen LogP contribution in [0.1, 0.15) is 35.4 Å². The Morgan fingerprint density at radius 2 is 1.51 bits per heavy atom. The third-order valence-corrected chi connectivity index (χ3v) is 12.1. The van der Waals surface area contributed by atoms with E-state index in [0.717, 1.165) is 27.6 Å². The molecule has 2 aliphatic heterocycles. The molecular formula is C43H40N6O10. The van der Waals surface area contributed by atoms with Crippen LogP contribution in [-0.4, -0.2) is 70.9 Å². The Bertz CT molecular complexity index is 2420. The van der Waals surface area contributed by atoms with E-state index in [9.17, 15) is 39.7 Å². The van der Waals surface area contributed by atoms with Crippen LogP contribution in [0, 0.1) is 50.8 Å². The number of aliphatic hydroxyl groups excluding tert-OH is 1. The molecule has 3 fully saturated rings. The van der Waals surface area contributed by atoms with Crippen LogP contribution in [-0.2, 0) is 24.6 Å². The number of para-hydroxylation sites is 1. The van der Waals surface area contributed by atoms with Crippen molar-refractivity contribution in [2.75, 3.05) is 42.5 Å².